The average molecular weight is 345 g/mol. The van der Waals surface area contributed by atoms with Crippen LogP contribution in [0.3, 0.4) is 0 Å². The summed E-state index contributed by atoms with van der Waals surface area (Å²) in [5.41, 5.74) is 7.00. The molecule has 0 saturated carbocycles. The maximum absolute atomic E-state index is 6.35. The second-order valence-electron chi connectivity index (χ2n) is 7.49. The third-order valence-electron chi connectivity index (χ3n) is 5.98. The van der Waals surface area contributed by atoms with Gasteiger partial charge in [0.25, 0.3) is 0 Å². The molecule has 0 radical (unpaired) electrons. The number of aryl methyl sites for hydroxylation is 1. The first kappa shape index (κ1) is 13.7. The van der Waals surface area contributed by atoms with E-state index >= 15 is 0 Å². The summed E-state index contributed by atoms with van der Waals surface area (Å²) in [5, 5.41) is 7.47. The summed E-state index contributed by atoms with van der Waals surface area (Å²) in [5.74, 6) is 0. The Morgan fingerprint density at radius 1 is 0.667 bits per heavy atom. The van der Waals surface area contributed by atoms with Gasteiger partial charge in [-0.15, -0.1) is 0 Å². The fourth-order valence-corrected chi connectivity index (χ4v) is 4.85. The van der Waals surface area contributed by atoms with Gasteiger partial charge in [-0.1, -0.05) is 48.5 Å². The zero-order valence-corrected chi connectivity index (χ0v) is 14.8. The van der Waals surface area contributed by atoms with Crippen LogP contribution in [0.5, 0.6) is 0 Å². The van der Waals surface area contributed by atoms with Crippen LogP contribution in [-0.4, -0.2) is 4.40 Å². The smallest absolute Gasteiger partial charge is 0.145 e. The zero-order chi connectivity index (χ0) is 17.7. The van der Waals surface area contributed by atoms with Crippen LogP contribution in [0.1, 0.15) is 5.56 Å². The van der Waals surface area contributed by atoms with Crippen molar-refractivity contribution in [3.8, 4) is 0 Å². The van der Waals surface area contributed by atoms with E-state index in [9.17, 15) is 0 Å². The molecule has 4 aromatic carbocycles. The highest BCUT2D eigenvalue weighted by atomic mass is 16.3. The minimum atomic E-state index is 0.949. The molecule has 0 saturated heterocycles. The summed E-state index contributed by atoms with van der Waals surface area (Å²) < 4.78 is 8.76. The van der Waals surface area contributed by atoms with Gasteiger partial charge in [0, 0.05) is 26.9 Å². The molecule has 3 heterocycles. The minimum Gasteiger partial charge on any atom is -0.455 e. The molecule has 0 aliphatic rings. The predicted molar refractivity (Wildman–Crippen MR) is 113 cm³/mol. The molecule has 7 aromatic rings. The third-order valence-corrected chi connectivity index (χ3v) is 5.98. The largest absolute Gasteiger partial charge is 0.455 e. The summed E-state index contributed by atoms with van der Waals surface area (Å²) in [6.07, 6.45) is 0. The lowest BCUT2D eigenvalue weighted by molar-refractivity contribution is 0.673. The van der Waals surface area contributed by atoms with Gasteiger partial charge < -0.3 is 8.82 Å². The molecule has 0 fully saturated rings. The van der Waals surface area contributed by atoms with Gasteiger partial charge in [-0.25, -0.2) is 0 Å². The average Bonchev–Trinajstić information content (AvgIpc) is 3.33. The fraction of sp³-hybridized carbons (Fsp3) is 0.0400. The lowest BCUT2D eigenvalue weighted by Crippen LogP contribution is -1.81. The Morgan fingerprint density at radius 3 is 2.44 bits per heavy atom. The molecule has 2 nitrogen and oxygen atoms in total. The van der Waals surface area contributed by atoms with E-state index in [1.54, 1.807) is 0 Å². The molecule has 27 heavy (non-hydrogen) atoms. The number of fused-ring (bicyclic) bond motifs is 10. The number of hydrogen-bond acceptors (Lipinski definition) is 1. The van der Waals surface area contributed by atoms with Gasteiger partial charge >= 0.3 is 0 Å². The Morgan fingerprint density at radius 2 is 1.48 bits per heavy atom. The van der Waals surface area contributed by atoms with E-state index < -0.39 is 0 Å². The predicted octanol–water partition coefficient (Wildman–Crippen LogP) is 7.04. The molecular formula is C25H15NO. The molecule has 0 spiro atoms. The van der Waals surface area contributed by atoms with E-state index in [0.29, 0.717) is 0 Å². The monoisotopic (exact) mass is 345 g/mol. The Labute approximate surface area is 154 Å². The number of rotatable bonds is 0. The number of hydrogen-bond donors (Lipinski definition) is 0. The maximum atomic E-state index is 6.35. The summed E-state index contributed by atoms with van der Waals surface area (Å²) in [6, 6.07) is 26.1. The van der Waals surface area contributed by atoms with Crippen LogP contribution in [0.15, 0.2) is 77.2 Å². The van der Waals surface area contributed by atoms with Gasteiger partial charge in [0.15, 0.2) is 0 Å². The second kappa shape index (κ2) is 4.41. The van der Waals surface area contributed by atoms with E-state index in [1.807, 2.05) is 6.07 Å². The SMILES string of the molecule is Cc1ccc2c3cccc4c5c6oc7ccccc7c6ccc5n(c2c1)c34. The first-order valence-electron chi connectivity index (χ1n) is 9.30. The fourth-order valence-electron chi connectivity index (χ4n) is 4.85. The Kier molecular flexibility index (Phi) is 2.23. The first-order chi connectivity index (χ1) is 13.3. The molecular weight excluding hydrogens is 330 g/mol. The molecule has 7 rings (SSSR count). The van der Waals surface area contributed by atoms with Crippen molar-refractivity contribution in [2.45, 2.75) is 6.92 Å². The number of aromatic nitrogens is 1. The van der Waals surface area contributed by atoms with Gasteiger partial charge in [-0.3, -0.25) is 0 Å². The van der Waals surface area contributed by atoms with Crippen LogP contribution >= 0.6 is 0 Å². The molecule has 0 N–H and O–H groups in total. The van der Waals surface area contributed by atoms with Crippen molar-refractivity contribution >= 4 is 60.0 Å². The number of furan rings is 1. The van der Waals surface area contributed by atoms with E-state index in [2.05, 4.69) is 78.1 Å². The second-order valence-corrected chi connectivity index (χ2v) is 7.49. The van der Waals surface area contributed by atoms with Crippen molar-refractivity contribution in [2.24, 2.45) is 0 Å². The molecule has 2 heteroatoms. The summed E-state index contributed by atoms with van der Waals surface area (Å²) in [6.45, 7) is 2.16. The van der Waals surface area contributed by atoms with E-state index in [0.717, 1.165) is 11.2 Å². The van der Waals surface area contributed by atoms with E-state index in [4.69, 9.17) is 4.42 Å². The molecule has 126 valence electrons. The number of benzene rings is 4. The van der Waals surface area contributed by atoms with Crippen molar-refractivity contribution < 1.29 is 4.42 Å². The minimum absolute atomic E-state index is 0.949. The third kappa shape index (κ3) is 1.49. The van der Waals surface area contributed by atoms with Crippen molar-refractivity contribution in [3.05, 3.63) is 78.4 Å². The van der Waals surface area contributed by atoms with Crippen LogP contribution in [0.2, 0.25) is 0 Å². The normalized spacial score (nSPS) is 12.6. The van der Waals surface area contributed by atoms with Gasteiger partial charge in [0.1, 0.15) is 11.2 Å². The topological polar surface area (TPSA) is 17.6 Å². The molecule has 0 aliphatic heterocycles. The molecule has 0 bridgehead atoms. The standard InChI is InChI=1S/C25H15NO/c1-14-9-10-15-17-6-4-7-19-23-20(26(24(17)19)21(15)13-14)12-11-18-16-5-2-3-8-22(16)27-25(18)23/h2-13H,1H3. The van der Waals surface area contributed by atoms with Crippen LogP contribution in [0.4, 0.5) is 0 Å². The van der Waals surface area contributed by atoms with E-state index in [-0.39, 0.29) is 0 Å². The van der Waals surface area contributed by atoms with Gasteiger partial charge in [0.05, 0.1) is 21.9 Å². The quantitative estimate of drug-likeness (QED) is 0.288. The maximum Gasteiger partial charge on any atom is 0.145 e. The number of para-hydroxylation sites is 2. The van der Waals surface area contributed by atoms with Crippen LogP contribution < -0.4 is 0 Å². The van der Waals surface area contributed by atoms with Gasteiger partial charge in [-0.05, 0) is 36.8 Å². The van der Waals surface area contributed by atoms with Crippen LogP contribution in [0, 0.1) is 6.92 Å². The summed E-state index contributed by atoms with van der Waals surface area (Å²) in [4.78, 5) is 0. The summed E-state index contributed by atoms with van der Waals surface area (Å²) >= 11 is 0. The molecule has 0 amide bonds. The molecule has 0 unspecified atom stereocenters. The zero-order valence-electron chi connectivity index (χ0n) is 14.8. The van der Waals surface area contributed by atoms with E-state index in [1.165, 1.54) is 54.4 Å². The first-order valence-corrected chi connectivity index (χ1v) is 9.30. The highest BCUT2D eigenvalue weighted by Crippen LogP contribution is 2.43. The Hall–Kier alpha value is -3.52. The highest BCUT2D eigenvalue weighted by molar-refractivity contribution is 6.29. The Bertz CT molecular complexity index is 1680. The number of nitrogens with zero attached hydrogens (tertiary/aromatic N) is 1. The van der Waals surface area contributed by atoms with Crippen LogP contribution in [0.25, 0.3) is 60.0 Å². The summed E-state index contributed by atoms with van der Waals surface area (Å²) in [7, 11) is 0. The molecule has 3 aromatic heterocycles. The van der Waals surface area contributed by atoms with Gasteiger partial charge in [0.2, 0.25) is 0 Å². The van der Waals surface area contributed by atoms with Crippen molar-refractivity contribution in [1.29, 1.82) is 0 Å². The van der Waals surface area contributed by atoms with Crippen molar-refractivity contribution in [2.75, 3.05) is 0 Å². The molecule has 0 aliphatic carbocycles. The Balaban J connectivity index is 1.86. The van der Waals surface area contributed by atoms with Gasteiger partial charge in [-0.2, -0.15) is 0 Å². The van der Waals surface area contributed by atoms with Crippen LogP contribution in [-0.2, 0) is 0 Å². The van der Waals surface area contributed by atoms with Crippen molar-refractivity contribution in [3.63, 3.8) is 0 Å². The van der Waals surface area contributed by atoms with Crippen molar-refractivity contribution in [1.82, 2.24) is 4.40 Å². The molecule has 0 atom stereocenters. The lowest BCUT2D eigenvalue weighted by atomic mass is 10.1. The highest BCUT2D eigenvalue weighted by Gasteiger charge is 2.20. The lowest BCUT2D eigenvalue weighted by Gasteiger charge is -1.99.